The number of pyridine rings is 1. The standard InChI is InChI=1S/C19H23N3O3/c1-11(2)17(22-18(24)14-7-5-6-12(3)8-14)19(25)21-15-10-20-16(23)9-13(15)4/h5-11,17H,1-4H3,(H,20,23)(H,21,25)(H,22,24)/t17-/m1/s1. The minimum atomic E-state index is -0.695. The largest absolute Gasteiger partial charge is 0.340 e. The highest BCUT2D eigenvalue weighted by Gasteiger charge is 2.25. The number of carbonyl (C=O) groups is 2. The maximum atomic E-state index is 12.6. The fourth-order valence-corrected chi connectivity index (χ4v) is 2.46. The summed E-state index contributed by atoms with van der Waals surface area (Å²) < 4.78 is 0. The van der Waals surface area contributed by atoms with Gasteiger partial charge < -0.3 is 15.6 Å². The molecule has 0 bridgehead atoms. The average molecular weight is 341 g/mol. The van der Waals surface area contributed by atoms with Gasteiger partial charge >= 0.3 is 0 Å². The Balaban J connectivity index is 2.15. The number of hydrogen-bond donors (Lipinski definition) is 3. The molecule has 6 heteroatoms. The second-order valence-corrected chi connectivity index (χ2v) is 6.45. The molecule has 0 saturated carbocycles. The number of aryl methyl sites for hydroxylation is 2. The molecule has 3 N–H and O–H groups in total. The zero-order chi connectivity index (χ0) is 18.6. The summed E-state index contributed by atoms with van der Waals surface area (Å²) in [6.45, 7) is 7.36. The lowest BCUT2D eigenvalue weighted by molar-refractivity contribution is -0.118. The van der Waals surface area contributed by atoms with E-state index in [-0.39, 0.29) is 23.3 Å². The fraction of sp³-hybridized carbons (Fsp3) is 0.316. The normalized spacial score (nSPS) is 11.9. The summed E-state index contributed by atoms with van der Waals surface area (Å²) in [6.07, 6.45) is 1.45. The van der Waals surface area contributed by atoms with Crippen molar-refractivity contribution in [3.63, 3.8) is 0 Å². The second-order valence-electron chi connectivity index (χ2n) is 6.45. The lowest BCUT2D eigenvalue weighted by atomic mass is 10.0. The van der Waals surface area contributed by atoms with E-state index in [9.17, 15) is 14.4 Å². The SMILES string of the molecule is Cc1cccc(C(=O)N[C@@H](C(=O)Nc2c[nH]c(=O)cc2C)C(C)C)c1. The Morgan fingerprint density at radius 3 is 2.44 bits per heavy atom. The van der Waals surface area contributed by atoms with Crippen molar-refractivity contribution in [2.45, 2.75) is 33.7 Å². The van der Waals surface area contributed by atoms with Crippen LogP contribution in [0.3, 0.4) is 0 Å². The van der Waals surface area contributed by atoms with E-state index in [4.69, 9.17) is 0 Å². The Labute approximate surface area is 146 Å². The zero-order valence-corrected chi connectivity index (χ0v) is 14.8. The number of carbonyl (C=O) groups excluding carboxylic acids is 2. The summed E-state index contributed by atoms with van der Waals surface area (Å²) in [5.41, 5.74) is 2.43. The topological polar surface area (TPSA) is 91.1 Å². The van der Waals surface area contributed by atoms with Crippen LogP contribution >= 0.6 is 0 Å². The Hall–Kier alpha value is -2.89. The van der Waals surface area contributed by atoms with Crippen molar-refractivity contribution in [1.82, 2.24) is 10.3 Å². The molecule has 0 aliphatic carbocycles. The van der Waals surface area contributed by atoms with Crippen molar-refractivity contribution in [3.8, 4) is 0 Å². The molecule has 6 nitrogen and oxygen atoms in total. The third-order valence-electron chi connectivity index (χ3n) is 3.91. The number of benzene rings is 1. The monoisotopic (exact) mass is 341 g/mol. The van der Waals surface area contributed by atoms with Crippen molar-refractivity contribution >= 4 is 17.5 Å². The number of H-pyrrole nitrogens is 1. The van der Waals surface area contributed by atoms with Gasteiger partial charge in [0.1, 0.15) is 6.04 Å². The van der Waals surface area contributed by atoms with Crippen LogP contribution in [-0.4, -0.2) is 22.8 Å². The molecule has 1 atom stereocenters. The van der Waals surface area contributed by atoms with Crippen molar-refractivity contribution < 1.29 is 9.59 Å². The van der Waals surface area contributed by atoms with Crippen molar-refractivity contribution in [2.75, 3.05) is 5.32 Å². The van der Waals surface area contributed by atoms with E-state index in [0.717, 1.165) is 5.56 Å². The van der Waals surface area contributed by atoms with Gasteiger partial charge in [0.15, 0.2) is 0 Å². The number of rotatable bonds is 5. The molecule has 25 heavy (non-hydrogen) atoms. The van der Waals surface area contributed by atoms with E-state index in [1.165, 1.54) is 12.3 Å². The molecule has 0 saturated heterocycles. The first kappa shape index (κ1) is 18.4. The quantitative estimate of drug-likeness (QED) is 0.780. The van der Waals surface area contributed by atoms with E-state index >= 15 is 0 Å². The minimum Gasteiger partial charge on any atom is -0.340 e. The summed E-state index contributed by atoms with van der Waals surface area (Å²) in [4.78, 5) is 38.9. The maximum Gasteiger partial charge on any atom is 0.251 e. The van der Waals surface area contributed by atoms with Crippen LogP contribution in [0.2, 0.25) is 0 Å². The Morgan fingerprint density at radius 2 is 1.84 bits per heavy atom. The van der Waals surface area contributed by atoms with Gasteiger partial charge in [-0.05, 0) is 37.5 Å². The minimum absolute atomic E-state index is 0.100. The van der Waals surface area contributed by atoms with Crippen LogP contribution in [0, 0.1) is 19.8 Å². The third-order valence-corrected chi connectivity index (χ3v) is 3.91. The third kappa shape index (κ3) is 4.79. The molecule has 1 aromatic heterocycles. The molecule has 2 aromatic rings. The number of aromatic nitrogens is 1. The van der Waals surface area contributed by atoms with E-state index in [0.29, 0.717) is 16.8 Å². The lowest BCUT2D eigenvalue weighted by Gasteiger charge is -2.22. The summed E-state index contributed by atoms with van der Waals surface area (Å²) in [5.74, 6) is -0.723. The highest BCUT2D eigenvalue weighted by Crippen LogP contribution is 2.13. The molecule has 2 rings (SSSR count). The second kappa shape index (κ2) is 7.79. The average Bonchev–Trinajstić information content (AvgIpc) is 2.54. The van der Waals surface area contributed by atoms with Gasteiger partial charge in [-0.25, -0.2) is 0 Å². The number of amides is 2. The summed E-state index contributed by atoms with van der Waals surface area (Å²) in [6, 6.07) is 7.91. The molecule has 1 aromatic carbocycles. The van der Waals surface area contributed by atoms with Crippen LogP contribution < -0.4 is 16.2 Å². The molecule has 132 valence electrons. The molecular weight excluding hydrogens is 318 g/mol. The smallest absolute Gasteiger partial charge is 0.251 e. The molecule has 1 heterocycles. The van der Waals surface area contributed by atoms with Gasteiger partial charge in [0.25, 0.3) is 5.91 Å². The number of aromatic amines is 1. The molecule has 0 fully saturated rings. The highest BCUT2D eigenvalue weighted by molar-refractivity contribution is 6.01. The number of hydrogen-bond acceptors (Lipinski definition) is 3. The summed E-state index contributed by atoms with van der Waals surface area (Å²) in [5, 5.41) is 5.55. The molecule has 0 spiro atoms. The number of anilines is 1. The van der Waals surface area contributed by atoms with Crippen molar-refractivity contribution in [3.05, 3.63) is 63.6 Å². The van der Waals surface area contributed by atoms with Crippen LogP contribution in [-0.2, 0) is 4.79 Å². The Kier molecular flexibility index (Phi) is 5.75. The van der Waals surface area contributed by atoms with Gasteiger partial charge in [-0.2, -0.15) is 0 Å². The van der Waals surface area contributed by atoms with Crippen LogP contribution in [0.25, 0.3) is 0 Å². The summed E-state index contributed by atoms with van der Waals surface area (Å²) >= 11 is 0. The zero-order valence-electron chi connectivity index (χ0n) is 14.8. The van der Waals surface area contributed by atoms with Crippen LogP contribution in [0.4, 0.5) is 5.69 Å². The first-order chi connectivity index (χ1) is 11.8. The maximum absolute atomic E-state index is 12.6. The van der Waals surface area contributed by atoms with Crippen molar-refractivity contribution in [1.29, 1.82) is 0 Å². The molecule has 0 radical (unpaired) electrons. The predicted molar refractivity (Wildman–Crippen MR) is 97.7 cm³/mol. The van der Waals surface area contributed by atoms with Gasteiger partial charge in [0, 0.05) is 17.8 Å². The van der Waals surface area contributed by atoms with E-state index in [2.05, 4.69) is 15.6 Å². The van der Waals surface area contributed by atoms with Gasteiger partial charge in [0.05, 0.1) is 5.69 Å². The molecule has 0 unspecified atom stereocenters. The van der Waals surface area contributed by atoms with Gasteiger partial charge in [-0.3, -0.25) is 14.4 Å². The first-order valence-corrected chi connectivity index (χ1v) is 8.15. The van der Waals surface area contributed by atoms with Crippen LogP contribution in [0.1, 0.15) is 35.3 Å². The van der Waals surface area contributed by atoms with Gasteiger partial charge in [-0.15, -0.1) is 0 Å². The first-order valence-electron chi connectivity index (χ1n) is 8.15. The predicted octanol–water partition coefficient (Wildman–Crippen LogP) is 2.38. The van der Waals surface area contributed by atoms with Gasteiger partial charge in [-0.1, -0.05) is 31.5 Å². The Morgan fingerprint density at radius 1 is 1.12 bits per heavy atom. The molecule has 2 amide bonds. The fourth-order valence-electron chi connectivity index (χ4n) is 2.46. The van der Waals surface area contributed by atoms with Gasteiger partial charge in [0.2, 0.25) is 11.5 Å². The lowest BCUT2D eigenvalue weighted by Crippen LogP contribution is -2.47. The van der Waals surface area contributed by atoms with Crippen LogP contribution in [0.5, 0.6) is 0 Å². The highest BCUT2D eigenvalue weighted by atomic mass is 16.2. The number of nitrogens with one attached hydrogen (secondary N) is 3. The van der Waals surface area contributed by atoms with Crippen molar-refractivity contribution in [2.24, 2.45) is 5.92 Å². The van der Waals surface area contributed by atoms with E-state index < -0.39 is 6.04 Å². The molecule has 0 aliphatic rings. The molecular formula is C19H23N3O3. The molecule has 0 aliphatic heterocycles. The van der Waals surface area contributed by atoms with E-state index in [1.807, 2.05) is 26.8 Å². The summed E-state index contributed by atoms with van der Waals surface area (Å²) in [7, 11) is 0. The van der Waals surface area contributed by atoms with E-state index in [1.54, 1.807) is 25.1 Å². The van der Waals surface area contributed by atoms with Crippen LogP contribution in [0.15, 0.2) is 41.3 Å². The Bertz CT molecular complexity index is 840.